The first-order valence-corrected chi connectivity index (χ1v) is 7.90. The summed E-state index contributed by atoms with van der Waals surface area (Å²) in [4.78, 5) is 4.10. The van der Waals surface area contributed by atoms with Crippen LogP contribution in [-0.4, -0.2) is 39.3 Å². The van der Waals surface area contributed by atoms with Crippen molar-refractivity contribution in [3.8, 4) is 0 Å². The van der Waals surface area contributed by atoms with Gasteiger partial charge in [-0.3, -0.25) is 4.99 Å². The molecule has 0 spiro atoms. The van der Waals surface area contributed by atoms with Crippen molar-refractivity contribution in [2.45, 2.75) is 32.4 Å². The lowest BCUT2D eigenvalue weighted by Gasteiger charge is -2.27. The molecule has 136 valence electrons. The van der Waals surface area contributed by atoms with Crippen LogP contribution >= 0.6 is 0 Å². The molecule has 0 aliphatic carbocycles. The number of ether oxygens (including phenoxy) is 1. The minimum Gasteiger partial charge on any atom is -0.380 e. The minimum absolute atomic E-state index is 0.447. The Morgan fingerprint density at radius 2 is 1.83 bits per heavy atom. The van der Waals surface area contributed by atoms with Gasteiger partial charge in [-0.2, -0.15) is 13.2 Å². The molecule has 4 nitrogen and oxygen atoms in total. The molecule has 0 unspecified atom stereocenters. The van der Waals surface area contributed by atoms with Gasteiger partial charge in [-0.05, 0) is 18.6 Å². The van der Waals surface area contributed by atoms with E-state index in [0.29, 0.717) is 37.8 Å². The summed E-state index contributed by atoms with van der Waals surface area (Å²) in [6.07, 6.45) is -4.34. The molecule has 0 saturated heterocycles. The fourth-order valence-corrected chi connectivity index (χ4v) is 2.13. The van der Waals surface area contributed by atoms with Gasteiger partial charge in [0.05, 0.1) is 12.2 Å². The molecule has 24 heavy (non-hydrogen) atoms. The average Bonchev–Trinajstić information content (AvgIpc) is 2.53. The van der Waals surface area contributed by atoms with Gasteiger partial charge in [-0.1, -0.05) is 32.0 Å². The highest BCUT2D eigenvalue weighted by Gasteiger charge is 2.32. The van der Waals surface area contributed by atoms with Crippen LogP contribution in [0.15, 0.2) is 29.3 Å². The number of hydrogen-bond acceptors (Lipinski definition) is 2. The third-order valence-corrected chi connectivity index (χ3v) is 3.64. The third-order valence-electron chi connectivity index (χ3n) is 3.64. The van der Waals surface area contributed by atoms with Crippen molar-refractivity contribution in [2.75, 3.05) is 33.4 Å². The SMILES string of the molecule is CCOCCNC(=NC)NCC(C)(C)c1cccc(C(F)(F)F)c1. The van der Waals surface area contributed by atoms with Crippen LogP contribution < -0.4 is 10.6 Å². The number of nitrogens with one attached hydrogen (secondary N) is 2. The molecular formula is C17H26F3N3O. The van der Waals surface area contributed by atoms with Crippen LogP contribution in [0.4, 0.5) is 13.2 Å². The first kappa shape index (κ1) is 20.3. The molecule has 0 aliphatic heterocycles. The molecule has 0 heterocycles. The summed E-state index contributed by atoms with van der Waals surface area (Å²) >= 11 is 0. The highest BCUT2D eigenvalue weighted by Crippen LogP contribution is 2.32. The van der Waals surface area contributed by atoms with E-state index < -0.39 is 17.2 Å². The largest absolute Gasteiger partial charge is 0.416 e. The summed E-state index contributed by atoms with van der Waals surface area (Å²) in [6.45, 7) is 7.97. The fraction of sp³-hybridized carbons (Fsp3) is 0.588. The Morgan fingerprint density at radius 1 is 1.17 bits per heavy atom. The van der Waals surface area contributed by atoms with E-state index in [4.69, 9.17) is 4.74 Å². The van der Waals surface area contributed by atoms with Crippen molar-refractivity contribution >= 4 is 5.96 Å². The summed E-state index contributed by atoms with van der Waals surface area (Å²) < 4.78 is 43.8. The third kappa shape index (κ3) is 6.39. The maximum atomic E-state index is 12.9. The van der Waals surface area contributed by atoms with Crippen molar-refractivity contribution in [1.29, 1.82) is 0 Å². The maximum Gasteiger partial charge on any atom is 0.416 e. The van der Waals surface area contributed by atoms with Gasteiger partial charge in [-0.15, -0.1) is 0 Å². The molecular weight excluding hydrogens is 319 g/mol. The van der Waals surface area contributed by atoms with E-state index in [9.17, 15) is 13.2 Å². The van der Waals surface area contributed by atoms with Gasteiger partial charge >= 0.3 is 6.18 Å². The topological polar surface area (TPSA) is 45.6 Å². The molecule has 0 amide bonds. The molecule has 1 aromatic carbocycles. The van der Waals surface area contributed by atoms with Gasteiger partial charge in [0, 0.05) is 32.2 Å². The van der Waals surface area contributed by atoms with Crippen LogP contribution in [0, 0.1) is 0 Å². The Labute approximate surface area is 141 Å². The molecule has 0 aliphatic rings. The van der Waals surface area contributed by atoms with E-state index >= 15 is 0 Å². The van der Waals surface area contributed by atoms with Gasteiger partial charge in [0.1, 0.15) is 0 Å². The quantitative estimate of drug-likeness (QED) is 0.453. The number of guanidine groups is 1. The normalized spacial score (nSPS) is 13.0. The second-order valence-electron chi connectivity index (χ2n) is 6.01. The van der Waals surface area contributed by atoms with Crippen molar-refractivity contribution in [3.63, 3.8) is 0 Å². The molecule has 0 bridgehead atoms. The highest BCUT2D eigenvalue weighted by atomic mass is 19.4. The number of alkyl halides is 3. The van der Waals surface area contributed by atoms with E-state index in [1.807, 2.05) is 20.8 Å². The fourth-order valence-electron chi connectivity index (χ4n) is 2.13. The highest BCUT2D eigenvalue weighted by molar-refractivity contribution is 5.79. The van der Waals surface area contributed by atoms with Crippen molar-refractivity contribution in [3.05, 3.63) is 35.4 Å². The zero-order valence-electron chi connectivity index (χ0n) is 14.6. The first-order valence-electron chi connectivity index (χ1n) is 7.90. The van der Waals surface area contributed by atoms with Crippen LogP contribution in [0.25, 0.3) is 0 Å². The van der Waals surface area contributed by atoms with Gasteiger partial charge in [-0.25, -0.2) is 0 Å². The Bertz CT molecular complexity index is 542. The first-order chi connectivity index (χ1) is 11.2. The number of aliphatic imine (C=N–C) groups is 1. The van der Waals surface area contributed by atoms with E-state index in [-0.39, 0.29) is 0 Å². The van der Waals surface area contributed by atoms with Crippen LogP contribution in [-0.2, 0) is 16.3 Å². The van der Waals surface area contributed by atoms with Gasteiger partial charge in [0.25, 0.3) is 0 Å². The van der Waals surface area contributed by atoms with Crippen LogP contribution in [0.1, 0.15) is 31.9 Å². The van der Waals surface area contributed by atoms with Crippen molar-refractivity contribution in [1.82, 2.24) is 10.6 Å². The number of halogens is 3. The van der Waals surface area contributed by atoms with Gasteiger partial charge < -0.3 is 15.4 Å². The molecule has 0 aromatic heterocycles. The Kier molecular flexibility index (Phi) is 7.54. The van der Waals surface area contributed by atoms with Gasteiger partial charge in [0.2, 0.25) is 0 Å². The number of hydrogen-bond donors (Lipinski definition) is 2. The molecule has 0 saturated carbocycles. The lowest BCUT2D eigenvalue weighted by Crippen LogP contribution is -2.44. The smallest absolute Gasteiger partial charge is 0.380 e. The van der Waals surface area contributed by atoms with Gasteiger partial charge in [0.15, 0.2) is 5.96 Å². The summed E-state index contributed by atoms with van der Waals surface area (Å²) in [5.74, 6) is 0.592. The monoisotopic (exact) mass is 345 g/mol. The molecule has 0 atom stereocenters. The summed E-state index contributed by atoms with van der Waals surface area (Å²) in [7, 11) is 1.65. The van der Waals surface area contributed by atoms with Crippen molar-refractivity contribution in [2.24, 2.45) is 4.99 Å². The average molecular weight is 345 g/mol. The Balaban J connectivity index is 2.68. The lowest BCUT2D eigenvalue weighted by atomic mass is 9.84. The van der Waals surface area contributed by atoms with Crippen molar-refractivity contribution < 1.29 is 17.9 Å². The standard InChI is InChI=1S/C17H26F3N3O/c1-5-24-10-9-22-15(21-4)23-12-16(2,3)13-7-6-8-14(11-13)17(18,19)20/h6-8,11H,5,9-10,12H2,1-4H3,(H2,21,22,23). The molecule has 1 rings (SSSR count). The van der Waals surface area contributed by atoms with Crippen LogP contribution in [0.2, 0.25) is 0 Å². The van der Waals surface area contributed by atoms with Crippen LogP contribution in [0.3, 0.4) is 0 Å². The summed E-state index contributed by atoms with van der Waals surface area (Å²) in [5, 5.41) is 6.24. The van der Waals surface area contributed by atoms with E-state index in [1.165, 1.54) is 12.1 Å². The molecule has 2 N–H and O–H groups in total. The lowest BCUT2D eigenvalue weighted by molar-refractivity contribution is -0.137. The molecule has 7 heteroatoms. The van der Waals surface area contributed by atoms with E-state index in [0.717, 1.165) is 6.07 Å². The predicted octanol–water partition coefficient (Wildman–Crippen LogP) is 3.18. The number of rotatable bonds is 7. The molecule has 1 aromatic rings. The van der Waals surface area contributed by atoms with E-state index in [2.05, 4.69) is 15.6 Å². The summed E-state index contributed by atoms with van der Waals surface area (Å²) in [6, 6.07) is 5.44. The summed E-state index contributed by atoms with van der Waals surface area (Å²) in [5.41, 5.74) is -0.499. The predicted molar refractivity (Wildman–Crippen MR) is 90.3 cm³/mol. The second kappa shape index (κ2) is 8.92. The van der Waals surface area contributed by atoms with Crippen LogP contribution in [0.5, 0.6) is 0 Å². The number of benzene rings is 1. The second-order valence-corrected chi connectivity index (χ2v) is 6.01. The Hall–Kier alpha value is -1.76. The zero-order chi connectivity index (χ0) is 18.2. The molecule has 0 fully saturated rings. The Morgan fingerprint density at radius 3 is 2.42 bits per heavy atom. The zero-order valence-corrected chi connectivity index (χ0v) is 14.6. The van der Waals surface area contributed by atoms with E-state index in [1.54, 1.807) is 13.1 Å². The number of nitrogens with zero attached hydrogens (tertiary/aromatic N) is 1. The molecule has 0 radical (unpaired) electrons. The maximum absolute atomic E-state index is 12.9. The minimum atomic E-state index is -4.34.